The highest BCUT2D eigenvalue weighted by Crippen LogP contribution is 2.28. The summed E-state index contributed by atoms with van der Waals surface area (Å²) in [5, 5.41) is 0. The summed E-state index contributed by atoms with van der Waals surface area (Å²) in [6, 6.07) is 0. The predicted octanol–water partition coefficient (Wildman–Crippen LogP) is 2.74. The van der Waals surface area contributed by atoms with Crippen molar-refractivity contribution in [3.8, 4) is 0 Å². The lowest BCUT2D eigenvalue weighted by Crippen LogP contribution is -2.29. The Balaban J connectivity index is 2.39. The summed E-state index contributed by atoms with van der Waals surface area (Å²) in [5.41, 5.74) is 0. The molecule has 0 heterocycles. The number of alkyl halides is 1. The molecule has 0 saturated heterocycles. The van der Waals surface area contributed by atoms with E-state index in [1.807, 2.05) is 0 Å². The molecule has 13 heavy (non-hydrogen) atoms. The van der Waals surface area contributed by atoms with Gasteiger partial charge in [0.2, 0.25) is 0 Å². The second-order valence-electron chi connectivity index (χ2n) is 3.70. The average Bonchev–Trinajstić information content (AvgIpc) is 2.15. The molecule has 1 fully saturated rings. The van der Waals surface area contributed by atoms with E-state index in [1.54, 1.807) is 0 Å². The van der Waals surface area contributed by atoms with E-state index in [4.69, 9.17) is 16.3 Å². The molecule has 0 bridgehead atoms. The van der Waals surface area contributed by atoms with Crippen molar-refractivity contribution in [3.63, 3.8) is 0 Å². The van der Waals surface area contributed by atoms with Crippen molar-refractivity contribution in [1.82, 2.24) is 0 Å². The maximum Gasteiger partial charge on any atom is 0.302 e. The zero-order chi connectivity index (χ0) is 9.68. The van der Waals surface area contributed by atoms with Gasteiger partial charge in [0.25, 0.3) is 0 Å². The van der Waals surface area contributed by atoms with Gasteiger partial charge in [-0.05, 0) is 18.8 Å². The molecular formula is C10H17ClO2. The van der Waals surface area contributed by atoms with Crippen LogP contribution in [0.5, 0.6) is 0 Å². The van der Waals surface area contributed by atoms with Crippen molar-refractivity contribution in [3.05, 3.63) is 0 Å². The Labute approximate surface area is 84.6 Å². The van der Waals surface area contributed by atoms with Gasteiger partial charge in [-0.15, -0.1) is 11.6 Å². The summed E-state index contributed by atoms with van der Waals surface area (Å²) >= 11 is 5.77. The number of hydrogen-bond acceptors (Lipinski definition) is 2. The maximum absolute atomic E-state index is 10.8. The maximum atomic E-state index is 10.8. The number of ether oxygens (including phenoxy) is 1. The van der Waals surface area contributed by atoms with Gasteiger partial charge in [0.1, 0.15) is 6.10 Å². The van der Waals surface area contributed by atoms with Crippen LogP contribution in [0, 0.1) is 5.92 Å². The summed E-state index contributed by atoms with van der Waals surface area (Å²) in [4.78, 5) is 10.8. The molecule has 2 nitrogen and oxygen atoms in total. The van der Waals surface area contributed by atoms with Crippen LogP contribution in [0.15, 0.2) is 0 Å². The second-order valence-corrected chi connectivity index (χ2v) is 4.01. The van der Waals surface area contributed by atoms with Gasteiger partial charge in [-0.1, -0.05) is 19.3 Å². The highest BCUT2D eigenvalue weighted by Gasteiger charge is 2.24. The van der Waals surface area contributed by atoms with Crippen LogP contribution in [0.25, 0.3) is 0 Å². The Hall–Kier alpha value is -0.240. The van der Waals surface area contributed by atoms with Gasteiger partial charge in [-0.25, -0.2) is 0 Å². The average molecular weight is 205 g/mol. The van der Waals surface area contributed by atoms with Crippen LogP contribution >= 0.6 is 11.6 Å². The fourth-order valence-electron chi connectivity index (χ4n) is 1.97. The highest BCUT2D eigenvalue weighted by molar-refractivity contribution is 6.18. The smallest absolute Gasteiger partial charge is 0.302 e. The largest absolute Gasteiger partial charge is 0.461 e. The molecule has 0 spiro atoms. The van der Waals surface area contributed by atoms with Crippen molar-refractivity contribution in [2.45, 2.75) is 45.1 Å². The number of carbonyl (C=O) groups excluding carboxylic acids is 1. The SMILES string of the molecule is CC(=O)OC(CCl)C1CCCCC1. The molecule has 1 unspecified atom stereocenters. The number of carbonyl (C=O) groups is 1. The Morgan fingerprint density at radius 2 is 2.08 bits per heavy atom. The summed E-state index contributed by atoms with van der Waals surface area (Å²) in [5.74, 6) is 0.718. The summed E-state index contributed by atoms with van der Waals surface area (Å²) < 4.78 is 5.17. The Bertz CT molecular complexity index is 164. The first-order chi connectivity index (χ1) is 6.24. The number of halogens is 1. The molecule has 0 aliphatic heterocycles. The van der Waals surface area contributed by atoms with Gasteiger partial charge in [-0.3, -0.25) is 4.79 Å². The Morgan fingerprint density at radius 1 is 1.46 bits per heavy atom. The van der Waals surface area contributed by atoms with E-state index in [2.05, 4.69) is 0 Å². The molecule has 0 N–H and O–H groups in total. The normalized spacial score (nSPS) is 21.1. The van der Waals surface area contributed by atoms with Crippen molar-refractivity contribution < 1.29 is 9.53 Å². The molecule has 0 aromatic rings. The van der Waals surface area contributed by atoms with Gasteiger partial charge in [0.15, 0.2) is 0 Å². The molecule has 1 saturated carbocycles. The third kappa shape index (κ3) is 3.55. The van der Waals surface area contributed by atoms with E-state index in [0.29, 0.717) is 11.8 Å². The molecule has 1 atom stereocenters. The molecule has 1 aliphatic carbocycles. The molecule has 0 aromatic heterocycles. The van der Waals surface area contributed by atoms with Crippen molar-refractivity contribution in [2.24, 2.45) is 5.92 Å². The minimum Gasteiger partial charge on any atom is -0.461 e. The van der Waals surface area contributed by atoms with E-state index < -0.39 is 0 Å². The quantitative estimate of drug-likeness (QED) is 0.522. The Morgan fingerprint density at radius 3 is 2.54 bits per heavy atom. The monoisotopic (exact) mass is 204 g/mol. The lowest BCUT2D eigenvalue weighted by molar-refractivity contribution is -0.148. The van der Waals surface area contributed by atoms with Gasteiger partial charge in [0.05, 0.1) is 5.88 Å². The molecule has 1 rings (SSSR count). The first kappa shape index (κ1) is 10.8. The molecule has 0 radical (unpaired) electrons. The van der Waals surface area contributed by atoms with E-state index in [1.165, 1.54) is 26.2 Å². The van der Waals surface area contributed by atoms with Crippen molar-refractivity contribution in [2.75, 3.05) is 5.88 Å². The molecule has 0 aromatic carbocycles. The Kier molecular flexibility index (Phi) is 4.57. The number of rotatable bonds is 3. The third-order valence-electron chi connectivity index (χ3n) is 2.65. The van der Waals surface area contributed by atoms with Crippen LogP contribution in [0.2, 0.25) is 0 Å². The van der Waals surface area contributed by atoms with Gasteiger partial charge < -0.3 is 4.74 Å². The lowest BCUT2D eigenvalue weighted by atomic mass is 9.86. The van der Waals surface area contributed by atoms with Crippen LogP contribution in [0.3, 0.4) is 0 Å². The zero-order valence-electron chi connectivity index (χ0n) is 8.09. The molecule has 0 amide bonds. The topological polar surface area (TPSA) is 26.3 Å². The predicted molar refractivity (Wildman–Crippen MR) is 52.8 cm³/mol. The van der Waals surface area contributed by atoms with Crippen molar-refractivity contribution >= 4 is 17.6 Å². The van der Waals surface area contributed by atoms with Gasteiger partial charge >= 0.3 is 5.97 Å². The number of esters is 1. The second kappa shape index (κ2) is 5.48. The van der Waals surface area contributed by atoms with Crippen LogP contribution in [-0.2, 0) is 9.53 Å². The molecular weight excluding hydrogens is 188 g/mol. The fourth-order valence-corrected chi connectivity index (χ4v) is 2.29. The van der Waals surface area contributed by atoms with E-state index in [9.17, 15) is 4.79 Å². The van der Waals surface area contributed by atoms with Crippen LogP contribution < -0.4 is 0 Å². The van der Waals surface area contributed by atoms with Crippen LogP contribution in [0.1, 0.15) is 39.0 Å². The van der Waals surface area contributed by atoms with E-state index >= 15 is 0 Å². The van der Waals surface area contributed by atoms with Gasteiger partial charge in [-0.2, -0.15) is 0 Å². The highest BCUT2D eigenvalue weighted by atomic mass is 35.5. The van der Waals surface area contributed by atoms with Crippen LogP contribution in [0.4, 0.5) is 0 Å². The molecule has 3 heteroatoms. The van der Waals surface area contributed by atoms with E-state index in [0.717, 1.165) is 12.8 Å². The van der Waals surface area contributed by atoms with E-state index in [-0.39, 0.29) is 12.1 Å². The third-order valence-corrected chi connectivity index (χ3v) is 2.95. The van der Waals surface area contributed by atoms with Gasteiger partial charge in [0, 0.05) is 6.92 Å². The summed E-state index contributed by atoms with van der Waals surface area (Å²) in [7, 11) is 0. The van der Waals surface area contributed by atoms with Crippen LogP contribution in [-0.4, -0.2) is 18.0 Å². The lowest BCUT2D eigenvalue weighted by Gasteiger charge is -2.28. The standard InChI is InChI=1S/C10H17ClO2/c1-8(12)13-10(7-11)9-5-3-2-4-6-9/h9-10H,2-7H2,1H3. The zero-order valence-corrected chi connectivity index (χ0v) is 8.85. The summed E-state index contributed by atoms with van der Waals surface area (Å²) in [6.07, 6.45) is 6.07. The molecule has 1 aliphatic rings. The minimum atomic E-state index is -0.212. The summed E-state index contributed by atoms with van der Waals surface area (Å²) in [6.45, 7) is 1.45. The molecule has 76 valence electrons. The number of hydrogen-bond donors (Lipinski definition) is 0. The van der Waals surface area contributed by atoms with Crippen molar-refractivity contribution in [1.29, 1.82) is 0 Å². The fraction of sp³-hybridized carbons (Fsp3) is 0.900. The first-order valence-electron chi connectivity index (χ1n) is 4.97. The minimum absolute atomic E-state index is 0.0560. The first-order valence-corrected chi connectivity index (χ1v) is 5.50.